The third-order valence-electron chi connectivity index (χ3n) is 2.78. The number of halogens is 1. The molecule has 1 amide bonds. The highest BCUT2D eigenvalue weighted by Crippen LogP contribution is 2.12. The van der Waals surface area contributed by atoms with E-state index in [-0.39, 0.29) is 5.56 Å². The highest BCUT2D eigenvalue weighted by Gasteiger charge is 2.24. The first kappa shape index (κ1) is 13.2. The lowest BCUT2D eigenvalue weighted by Crippen LogP contribution is -2.44. The van der Waals surface area contributed by atoms with Gasteiger partial charge in [-0.1, -0.05) is 13.0 Å². The summed E-state index contributed by atoms with van der Waals surface area (Å²) in [6, 6.07) is 6.29. The normalized spacial score (nSPS) is 13.6. The predicted molar refractivity (Wildman–Crippen MR) is 62.9 cm³/mol. The molecule has 0 spiro atoms. The highest BCUT2D eigenvalue weighted by atomic mass is 19.1. The number of carbonyl (C=O) groups is 1. The van der Waals surface area contributed by atoms with Crippen LogP contribution in [0.2, 0.25) is 0 Å². The Morgan fingerprint density at radius 1 is 1.59 bits per heavy atom. The Morgan fingerprint density at radius 3 is 2.71 bits per heavy atom. The zero-order valence-electron chi connectivity index (χ0n) is 10.2. The van der Waals surface area contributed by atoms with Crippen LogP contribution in [0.25, 0.3) is 0 Å². The van der Waals surface area contributed by atoms with Crippen molar-refractivity contribution in [2.75, 3.05) is 0 Å². The Hall–Kier alpha value is -1.89. The zero-order chi connectivity index (χ0) is 13.1. The van der Waals surface area contributed by atoms with Gasteiger partial charge in [0, 0.05) is 5.56 Å². The summed E-state index contributed by atoms with van der Waals surface area (Å²) in [5.41, 5.74) is -0.207. The molecular weight excluding hydrogens is 219 g/mol. The molecule has 0 fully saturated rings. The molecule has 3 nitrogen and oxygen atoms in total. The van der Waals surface area contributed by atoms with Crippen LogP contribution < -0.4 is 5.32 Å². The van der Waals surface area contributed by atoms with E-state index in [1.165, 1.54) is 6.07 Å². The Bertz CT molecular complexity index is 479. The van der Waals surface area contributed by atoms with Crippen LogP contribution in [-0.2, 0) is 0 Å². The van der Waals surface area contributed by atoms with E-state index in [1.54, 1.807) is 32.9 Å². The van der Waals surface area contributed by atoms with Gasteiger partial charge in [-0.2, -0.15) is 5.26 Å². The van der Waals surface area contributed by atoms with Gasteiger partial charge in [0.05, 0.1) is 6.07 Å². The molecule has 1 atom stereocenters. The molecule has 0 saturated heterocycles. The average molecular weight is 234 g/mol. The number of amides is 1. The summed E-state index contributed by atoms with van der Waals surface area (Å²) < 4.78 is 13.3. The number of benzene rings is 1. The van der Waals surface area contributed by atoms with Gasteiger partial charge >= 0.3 is 0 Å². The van der Waals surface area contributed by atoms with Crippen molar-refractivity contribution in [1.82, 2.24) is 5.32 Å². The lowest BCUT2D eigenvalue weighted by atomic mass is 10.0. The fourth-order valence-electron chi connectivity index (χ4n) is 1.25. The highest BCUT2D eigenvalue weighted by molar-refractivity contribution is 5.95. The molecule has 0 saturated carbocycles. The Morgan fingerprint density at radius 2 is 2.24 bits per heavy atom. The second kappa shape index (κ2) is 4.96. The minimum absolute atomic E-state index is 0.225. The standard InChI is InChI=1S/C13H15FN2O/c1-4-13(3,8-15)16-12(17)10-6-5-9(2)11(14)7-10/h5-7H,4H2,1-3H3,(H,16,17)/t13-/m0/s1. The molecule has 0 aliphatic carbocycles. The topological polar surface area (TPSA) is 52.9 Å². The van der Waals surface area contributed by atoms with E-state index >= 15 is 0 Å². The molecule has 17 heavy (non-hydrogen) atoms. The smallest absolute Gasteiger partial charge is 0.252 e. The molecule has 1 aromatic rings. The van der Waals surface area contributed by atoms with Gasteiger partial charge in [0.25, 0.3) is 5.91 Å². The molecule has 0 bridgehead atoms. The van der Waals surface area contributed by atoms with Crippen molar-refractivity contribution in [2.45, 2.75) is 32.7 Å². The number of rotatable bonds is 3. The first-order chi connectivity index (χ1) is 7.91. The molecule has 0 aromatic heterocycles. The minimum Gasteiger partial charge on any atom is -0.334 e. The molecule has 90 valence electrons. The summed E-state index contributed by atoms with van der Waals surface area (Å²) in [6.45, 7) is 5.07. The maximum Gasteiger partial charge on any atom is 0.252 e. The number of carbonyl (C=O) groups excluding carboxylic acids is 1. The monoisotopic (exact) mass is 234 g/mol. The largest absolute Gasteiger partial charge is 0.334 e. The van der Waals surface area contributed by atoms with Crippen molar-refractivity contribution >= 4 is 5.91 Å². The molecule has 1 aromatic carbocycles. The van der Waals surface area contributed by atoms with E-state index in [9.17, 15) is 9.18 Å². The van der Waals surface area contributed by atoms with Crippen molar-refractivity contribution in [1.29, 1.82) is 5.26 Å². The lowest BCUT2D eigenvalue weighted by molar-refractivity contribution is 0.0922. The third-order valence-corrected chi connectivity index (χ3v) is 2.78. The van der Waals surface area contributed by atoms with Crippen LogP contribution in [0.3, 0.4) is 0 Å². The second-order valence-corrected chi connectivity index (χ2v) is 4.22. The predicted octanol–water partition coefficient (Wildman–Crippen LogP) is 2.56. The van der Waals surface area contributed by atoms with Gasteiger partial charge in [-0.05, 0) is 38.0 Å². The Balaban J connectivity index is 2.91. The van der Waals surface area contributed by atoms with Crippen LogP contribution in [0.1, 0.15) is 36.2 Å². The van der Waals surface area contributed by atoms with Gasteiger partial charge in [0.2, 0.25) is 0 Å². The molecule has 0 aliphatic heterocycles. The van der Waals surface area contributed by atoms with Crippen LogP contribution in [-0.4, -0.2) is 11.4 Å². The van der Waals surface area contributed by atoms with E-state index in [1.807, 2.05) is 6.07 Å². The Kier molecular flexibility index (Phi) is 3.84. The third kappa shape index (κ3) is 3.04. The van der Waals surface area contributed by atoms with Gasteiger partial charge in [-0.3, -0.25) is 4.79 Å². The molecular formula is C13H15FN2O. The van der Waals surface area contributed by atoms with E-state index < -0.39 is 17.3 Å². The summed E-state index contributed by atoms with van der Waals surface area (Å²) in [6.07, 6.45) is 0.490. The van der Waals surface area contributed by atoms with Crippen LogP contribution in [0, 0.1) is 24.1 Å². The second-order valence-electron chi connectivity index (χ2n) is 4.22. The molecule has 0 radical (unpaired) electrons. The molecule has 4 heteroatoms. The summed E-state index contributed by atoms with van der Waals surface area (Å²) in [5, 5.41) is 11.5. The lowest BCUT2D eigenvalue weighted by Gasteiger charge is -2.21. The first-order valence-corrected chi connectivity index (χ1v) is 5.42. The molecule has 1 N–H and O–H groups in total. The fraction of sp³-hybridized carbons (Fsp3) is 0.385. The maximum absolute atomic E-state index is 13.3. The van der Waals surface area contributed by atoms with Gasteiger partial charge in [-0.25, -0.2) is 4.39 Å². The summed E-state index contributed by atoms with van der Waals surface area (Å²) in [4.78, 5) is 11.8. The van der Waals surface area contributed by atoms with E-state index in [2.05, 4.69) is 5.32 Å². The molecule has 0 unspecified atom stereocenters. The SMILES string of the molecule is CC[C@@](C)(C#N)NC(=O)c1ccc(C)c(F)c1. The number of nitrogens with zero attached hydrogens (tertiary/aromatic N) is 1. The van der Waals surface area contributed by atoms with E-state index in [4.69, 9.17) is 5.26 Å². The Labute approximate surface area is 100 Å². The molecule has 0 heterocycles. The van der Waals surface area contributed by atoms with Gasteiger partial charge in [-0.15, -0.1) is 0 Å². The van der Waals surface area contributed by atoms with Gasteiger partial charge in [0.15, 0.2) is 0 Å². The van der Waals surface area contributed by atoms with Crippen molar-refractivity contribution in [3.8, 4) is 6.07 Å². The van der Waals surface area contributed by atoms with Crippen LogP contribution in [0.15, 0.2) is 18.2 Å². The number of nitriles is 1. The van der Waals surface area contributed by atoms with Crippen molar-refractivity contribution in [3.05, 3.63) is 35.1 Å². The number of hydrogen-bond donors (Lipinski definition) is 1. The van der Waals surface area contributed by atoms with Gasteiger partial charge < -0.3 is 5.32 Å². The van der Waals surface area contributed by atoms with Crippen molar-refractivity contribution < 1.29 is 9.18 Å². The average Bonchev–Trinajstić information content (AvgIpc) is 2.32. The first-order valence-electron chi connectivity index (χ1n) is 5.42. The quantitative estimate of drug-likeness (QED) is 0.873. The van der Waals surface area contributed by atoms with Crippen molar-refractivity contribution in [3.63, 3.8) is 0 Å². The number of hydrogen-bond acceptors (Lipinski definition) is 2. The summed E-state index contributed by atoms with van der Waals surface area (Å²) in [5.74, 6) is -0.859. The molecule has 1 rings (SSSR count). The van der Waals surface area contributed by atoms with Gasteiger partial charge in [0.1, 0.15) is 11.4 Å². The van der Waals surface area contributed by atoms with Crippen LogP contribution in [0.5, 0.6) is 0 Å². The number of nitrogens with one attached hydrogen (secondary N) is 1. The zero-order valence-corrected chi connectivity index (χ0v) is 10.2. The fourth-order valence-corrected chi connectivity index (χ4v) is 1.25. The minimum atomic E-state index is -0.918. The van der Waals surface area contributed by atoms with Crippen LogP contribution in [0.4, 0.5) is 4.39 Å². The van der Waals surface area contributed by atoms with E-state index in [0.717, 1.165) is 0 Å². The van der Waals surface area contributed by atoms with Crippen molar-refractivity contribution in [2.24, 2.45) is 0 Å². The molecule has 0 aliphatic rings. The number of aryl methyl sites for hydroxylation is 1. The van der Waals surface area contributed by atoms with E-state index in [0.29, 0.717) is 12.0 Å². The maximum atomic E-state index is 13.3. The summed E-state index contributed by atoms with van der Waals surface area (Å²) >= 11 is 0. The van der Waals surface area contributed by atoms with Crippen LogP contribution >= 0.6 is 0 Å². The summed E-state index contributed by atoms with van der Waals surface area (Å²) in [7, 11) is 0.